The summed E-state index contributed by atoms with van der Waals surface area (Å²) in [7, 11) is 0. The third kappa shape index (κ3) is 2.61. The van der Waals surface area contributed by atoms with Crippen molar-refractivity contribution in [1.29, 1.82) is 0 Å². The van der Waals surface area contributed by atoms with E-state index in [0.29, 0.717) is 0 Å². The number of imidazole rings is 1. The van der Waals surface area contributed by atoms with E-state index in [9.17, 15) is 0 Å². The van der Waals surface area contributed by atoms with Crippen LogP contribution in [0.1, 0.15) is 27.5 Å². The minimum Gasteiger partial charge on any atom is -0.296 e. The van der Waals surface area contributed by atoms with Crippen LogP contribution in [0.3, 0.4) is 0 Å². The largest absolute Gasteiger partial charge is 0.296 e. The van der Waals surface area contributed by atoms with Crippen LogP contribution < -0.4 is 0 Å². The van der Waals surface area contributed by atoms with Crippen molar-refractivity contribution in [3.8, 4) is 10.6 Å². The Balaban J connectivity index is 1.81. The maximum Gasteiger partial charge on any atom is 0.159 e. The lowest BCUT2D eigenvalue weighted by atomic mass is 10.1. The van der Waals surface area contributed by atoms with Crippen molar-refractivity contribution >= 4 is 17.0 Å². The predicted molar refractivity (Wildman–Crippen MR) is 97.6 cm³/mol. The zero-order chi connectivity index (χ0) is 16.7. The lowest BCUT2D eigenvalue weighted by Crippen LogP contribution is -1.98. The number of fused-ring (bicyclic) bond motifs is 1. The van der Waals surface area contributed by atoms with Gasteiger partial charge < -0.3 is 0 Å². The number of thiazole rings is 1. The quantitative estimate of drug-likeness (QED) is 0.559. The van der Waals surface area contributed by atoms with Gasteiger partial charge in [0.2, 0.25) is 0 Å². The van der Waals surface area contributed by atoms with Crippen molar-refractivity contribution in [2.45, 2.75) is 27.2 Å². The van der Waals surface area contributed by atoms with E-state index in [0.717, 1.165) is 34.2 Å². The van der Waals surface area contributed by atoms with E-state index < -0.39 is 0 Å². The average molecular weight is 334 g/mol. The second-order valence-electron chi connectivity index (χ2n) is 6.02. The molecule has 0 amide bonds. The number of hydrogen-bond donors (Lipinski definition) is 0. The monoisotopic (exact) mass is 334 g/mol. The summed E-state index contributed by atoms with van der Waals surface area (Å²) in [5.41, 5.74) is 6.56. The molecule has 0 aliphatic carbocycles. The molecule has 4 nitrogen and oxygen atoms in total. The molecular weight excluding hydrogens is 316 g/mol. The van der Waals surface area contributed by atoms with E-state index >= 15 is 0 Å². The van der Waals surface area contributed by atoms with Gasteiger partial charge in [-0.2, -0.15) is 0 Å². The molecule has 3 aromatic heterocycles. The average Bonchev–Trinajstić information content (AvgIpc) is 3.11. The zero-order valence-electron chi connectivity index (χ0n) is 13.9. The molecular formula is C19H18N4S. The van der Waals surface area contributed by atoms with Crippen LogP contribution in [0.15, 0.2) is 42.9 Å². The van der Waals surface area contributed by atoms with Gasteiger partial charge in [0, 0.05) is 18.8 Å². The molecule has 0 N–H and O–H groups in total. The topological polar surface area (TPSA) is 43.1 Å². The van der Waals surface area contributed by atoms with Gasteiger partial charge in [-0.3, -0.25) is 9.38 Å². The van der Waals surface area contributed by atoms with Gasteiger partial charge in [0.1, 0.15) is 0 Å². The van der Waals surface area contributed by atoms with Crippen LogP contribution in [0, 0.1) is 20.8 Å². The Morgan fingerprint density at radius 3 is 2.75 bits per heavy atom. The highest BCUT2D eigenvalue weighted by Crippen LogP contribution is 2.30. The van der Waals surface area contributed by atoms with Crippen molar-refractivity contribution in [3.63, 3.8) is 0 Å². The SMILES string of the molecule is Cc1cccc(Cc2nccn3c(-c4sc(C)nc4C)cnc23)c1. The first-order valence-corrected chi connectivity index (χ1v) is 8.74. The summed E-state index contributed by atoms with van der Waals surface area (Å²) in [5, 5.41) is 1.08. The molecule has 0 spiro atoms. The number of nitrogens with zero attached hydrogens (tertiary/aromatic N) is 4. The van der Waals surface area contributed by atoms with Gasteiger partial charge >= 0.3 is 0 Å². The van der Waals surface area contributed by atoms with Crippen LogP contribution in [0.5, 0.6) is 0 Å². The standard InChI is InChI=1S/C19H18N4S/c1-12-5-4-6-15(9-12)10-16-19-21-11-17(23(19)8-7-20-16)18-13(2)22-14(3)24-18/h4-9,11H,10H2,1-3H3. The lowest BCUT2D eigenvalue weighted by molar-refractivity contribution is 1.02. The first-order chi connectivity index (χ1) is 11.6. The molecule has 24 heavy (non-hydrogen) atoms. The molecule has 0 atom stereocenters. The molecule has 0 aliphatic heterocycles. The Labute approximate surface area is 144 Å². The molecule has 0 unspecified atom stereocenters. The maximum absolute atomic E-state index is 4.64. The highest BCUT2D eigenvalue weighted by molar-refractivity contribution is 7.15. The fourth-order valence-electron chi connectivity index (χ4n) is 3.05. The Morgan fingerprint density at radius 1 is 1.12 bits per heavy atom. The van der Waals surface area contributed by atoms with Crippen LogP contribution in [-0.2, 0) is 6.42 Å². The van der Waals surface area contributed by atoms with Gasteiger partial charge in [0.05, 0.1) is 33.2 Å². The number of rotatable bonds is 3. The van der Waals surface area contributed by atoms with Crippen LogP contribution >= 0.6 is 11.3 Å². The van der Waals surface area contributed by atoms with Crippen molar-refractivity contribution < 1.29 is 0 Å². The van der Waals surface area contributed by atoms with Gasteiger partial charge in [-0.15, -0.1) is 11.3 Å². The predicted octanol–water partition coefficient (Wildman–Crippen LogP) is 4.37. The summed E-state index contributed by atoms with van der Waals surface area (Å²) < 4.78 is 2.12. The Hall–Kier alpha value is -2.53. The molecule has 3 heterocycles. The number of aromatic nitrogens is 4. The van der Waals surface area contributed by atoms with E-state index in [4.69, 9.17) is 0 Å². The van der Waals surface area contributed by atoms with E-state index in [1.807, 2.05) is 32.4 Å². The lowest BCUT2D eigenvalue weighted by Gasteiger charge is -2.05. The summed E-state index contributed by atoms with van der Waals surface area (Å²) in [6.07, 6.45) is 6.54. The summed E-state index contributed by atoms with van der Waals surface area (Å²) in [6.45, 7) is 6.20. The summed E-state index contributed by atoms with van der Waals surface area (Å²) in [4.78, 5) is 14.9. The molecule has 120 valence electrons. The fraction of sp³-hybridized carbons (Fsp3) is 0.211. The fourth-order valence-corrected chi connectivity index (χ4v) is 3.98. The second kappa shape index (κ2) is 5.83. The van der Waals surface area contributed by atoms with Crippen LogP contribution in [-0.4, -0.2) is 19.4 Å². The van der Waals surface area contributed by atoms with E-state index in [1.165, 1.54) is 16.0 Å². The van der Waals surface area contributed by atoms with E-state index in [1.54, 1.807) is 11.3 Å². The van der Waals surface area contributed by atoms with Crippen LogP contribution in [0.4, 0.5) is 0 Å². The minimum atomic E-state index is 0.781. The molecule has 5 heteroatoms. The number of aryl methyl sites for hydroxylation is 3. The van der Waals surface area contributed by atoms with Gasteiger partial charge in [0.15, 0.2) is 5.65 Å². The molecule has 1 aromatic carbocycles. The molecule has 0 fully saturated rings. The van der Waals surface area contributed by atoms with Gasteiger partial charge in [-0.1, -0.05) is 29.8 Å². The van der Waals surface area contributed by atoms with Gasteiger partial charge in [-0.25, -0.2) is 9.97 Å². The minimum absolute atomic E-state index is 0.781. The maximum atomic E-state index is 4.64. The van der Waals surface area contributed by atoms with Crippen LogP contribution in [0.2, 0.25) is 0 Å². The summed E-state index contributed by atoms with van der Waals surface area (Å²) in [5.74, 6) is 0. The van der Waals surface area contributed by atoms with Gasteiger partial charge in [-0.05, 0) is 26.3 Å². The molecule has 4 aromatic rings. The highest BCUT2D eigenvalue weighted by atomic mass is 32.1. The molecule has 0 saturated heterocycles. The Kier molecular flexibility index (Phi) is 3.65. The Morgan fingerprint density at radius 2 is 2.00 bits per heavy atom. The van der Waals surface area contributed by atoms with E-state index in [-0.39, 0.29) is 0 Å². The normalized spacial score (nSPS) is 11.3. The summed E-state index contributed by atoms with van der Waals surface area (Å²) in [6, 6.07) is 8.54. The van der Waals surface area contributed by atoms with Crippen molar-refractivity contribution in [3.05, 3.63) is 70.4 Å². The third-order valence-corrected chi connectivity index (χ3v) is 5.19. The van der Waals surface area contributed by atoms with Gasteiger partial charge in [0.25, 0.3) is 0 Å². The molecule has 0 bridgehead atoms. The first-order valence-electron chi connectivity index (χ1n) is 7.92. The smallest absolute Gasteiger partial charge is 0.159 e. The second-order valence-corrected chi connectivity index (χ2v) is 7.23. The van der Waals surface area contributed by atoms with E-state index in [2.05, 4.69) is 50.5 Å². The van der Waals surface area contributed by atoms with Crippen LogP contribution in [0.25, 0.3) is 16.2 Å². The Bertz CT molecular complexity index is 1030. The zero-order valence-corrected chi connectivity index (χ0v) is 14.8. The number of hydrogen-bond acceptors (Lipinski definition) is 4. The van der Waals surface area contributed by atoms with Crippen molar-refractivity contribution in [1.82, 2.24) is 19.4 Å². The molecule has 4 rings (SSSR count). The molecule has 0 radical (unpaired) electrons. The first kappa shape index (κ1) is 15.0. The van der Waals surface area contributed by atoms with Crippen molar-refractivity contribution in [2.75, 3.05) is 0 Å². The molecule has 0 saturated carbocycles. The number of benzene rings is 1. The van der Waals surface area contributed by atoms with Crippen molar-refractivity contribution in [2.24, 2.45) is 0 Å². The third-order valence-electron chi connectivity index (χ3n) is 4.09. The molecule has 0 aliphatic rings. The summed E-state index contributed by atoms with van der Waals surface area (Å²) >= 11 is 1.71. The highest BCUT2D eigenvalue weighted by Gasteiger charge is 2.15.